The second kappa shape index (κ2) is 8.24. The maximum atomic E-state index is 5.78. The summed E-state index contributed by atoms with van der Waals surface area (Å²) in [5, 5.41) is 0. The summed E-state index contributed by atoms with van der Waals surface area (Å²) < 4.78 is 27.6. The minimum absolute atomic E-state index is 0.193. The second-order valence-electron chi connectivity index (χ2n) is 4.49. The number of hydrogen-bond acceptors (Lipinski definition) is 5. The molecule has 0 aromatic rings. The third-order valence-electron chi connectivity index (χ3n) is 2.87. The Bertz CT molecular complexity index is 217. The van der Waals surface area contributed by atoms with E-state index in [1.807, 2.05) is 13.8 Å². The standard InChI is InChI=1S/C12H26O5Si/c1-5-16-18(4,17-6-2)8-7-12(13-3)15-10-11-9-14-11/h11-12H,5-10H2,1-4H3. The fourth-order valence-corrected chi connectivity index (χ4v) is 4.18. The van der Waals surface area contributed by atoms with Gasteiger partial charge < -0.3 is 23.1 Å². The van der Waals surface area contributed by atoms with Crippen LogP contribution in [0.2, 0.25) is 12.6 Å². The van der Waals surface area contributed by atoms with Gasteiger partial charge in [-0.3, -0.25) is 0 Å². The van der Waals surface area contributed by atoms with Gasteiger partial charge in [-0.2, -0.15) is 0 Å². The number of epoxide rings is 1. The summed E-state index contributed by atoms with van der Waals surface area (Å²) in [6.07, 6.45) is 0.873. The van der Waals surface area contributed by atoms with Crippen LogP contribution in [0.4, 0.5) is 0 Å². The van der Waals surface area contributed by atoms with Gasteiger partial charge in [0.15, 0.2) is 6.29 Å². The first-order valence-corrected chi connectivity index (χ1v) is 9.19. The largest absolute Gasteiger partial charge is 0.395 e. The van der Waals surface area contributed by atoms with Crippen molar-refractivity contribution in [1.82, 2.24) is 0 Å². The van der Waals surface area contributed by atoms with Crippen molar-refractivity contribution < 1.29 is 23.1 Å². The van der Waals surface area contributed by atoms with Crippen LogP contribution < -0.4 is 0 Å². The first-order chi connectivity index (χ1) is 8.63. The summed E-state index contributed by atoms with van der Waals surface area (Å²) in [5.41, 5.74) is 0. The SMILES string of the molecule is CCO[Si](C)(CCC(OC)OCC1CO1)OCC. The zero-order valence-corrected chi connectivity index (χ0v) is 12.9. The molecule has 1 rings (SSSR count). The molecule has 6 heteroatoms. The van der Waals surface area contributed by atoms with Gasteiger partial charge in [-0.05, 0) is 26.4 Å². The van der Waals surface area contributed by atoms with Crippen molar-refractivity contribution in [1.29, 1.82) is 0 Å². The molecule has 18 heavy (non-hydrogen) atoms. The molecule has 1 fully saturated rings. The quantitative estimate of drug-likeness (QED) is 0.328. The molecule has 0 aromatic carbocycles. The molecule has 0 saturated carbocycles. The van der Waals surface area contributed by atoms with Gasteiger partial charge in [0, 0.05) is 26.7 Å². The van der Waals surface area contributed by atoms with Crippen molar-refractivity contribution >= 4 is 8.56 Å². The molecular formula is C12H26O5Si. The van der Waals surface area contributed by atoms with Crippen molar-refractivity contribution in [3.63, 3.8) is 0 Å². The summed E-state index contributed by atoms with van der Waals surface area (Å²) in [4.78, 5) is 0. The molecule has 2 unspecified atom stereocenters. The summed E-state index contributed by atoms with van der Waals surface area (Å²) in [6.45, 7) is 8.89. The lowest BCUT2D eigenvalue weighted by Crippen LogP contribution is -2.39. The van der Waals surface area contributed by atoms with E-state index in [0.717, 1.165) is 19.1 Å². The highest BCUT2D eigenvalue weighted by Gasteiger charge is 2.32. The lowest BCUT2D eigenvalue weighted by Gasteiger charge is -2.27. The van der Waals surface area contributed by atoms with E-state index in [0.29, 0.717) is 19.8 Å². The van der Waals surface area contributed by atoms with Crippen LogP contribution in [0.15, 0.2) is 0 Å². The normalized spacial score (nSPS) is 21.0. The Morgan fingerprint density at radius 1 is 1.28 bits per heavy atom. The first-order valence-electron chi connectivity index (χ1n) is 6.67. The Kier molecular flexibility index (Phi) is 7.36. The number of ether oxygens (including phenoxy) is 3. The second-order valence-corrected chi connectivity index (χ2v) is 7.84. The van der Waals surface area contributed by atoms with Crippen LogP contribution in [0.3, 0.4) is 0 Å². The molecule has 0 bridgehead atoms. The van der Waals surface area contributed by atoms with Crippen molar-refractivity contribution in [3.8, 4) is 0 Å². The fourth-order valence-electron chi connectivity index (χ4n) is 1.82. The van der Waals surface area contributed by atoms with E-state index in [1.54, 1.807) is 7.11 Å². The Morgan fingerprint density at radius 3 is 2.33 bits per heavy atom. The van der Waals surface area contributed by atoms with Crippen molar-refractivity contribution in [3.05, 3.63) is 0 Å². The molecule has 0 aromatic heterocycles. The highest BCUT2D eigenvalue weighted by Crippen LogP contribution is 2.19. The predicted molar refractivity (Wildman–Crippen MR) is 70.8 cm³/mol. The lowest BCUT2D eigenvalue weighted by atomic mass is 10.4. The smallest absolute Gasteiger partial charge is 0.335 e. The minimum Gasteiger partial charge on any atom is -0.395 e. The van der Waals surface area contributed by atoms with Crippen molar-refractivity contribution in [2.45, 2.75) is 45.3 Å². The minimum atomic E-state index is -2.06. The van der Waals surface area contributed by atoms with Crippen LogP contribution in [-0.4, -0.2) is 54.5 Å². The molecule has 0 radical (unpaired) electrons. The summed E-state index contributed by atoms with van der Waals surface area (Å²) in [5.74, 6) is 0. The Morgan fingerprint density at radius 2 is 1.89 bits per heavy atom. The average molecular weight is 278 g/mol. The maximum absolute atomic E-state index is 5.78. The van der Waals surface area contributed by atoms with Crippen LogP contribution in [0.25, 0.3) is 0 Å². The van der Waals surface area contributed by atoms with Gasteiger partial charge in [-0.15, -0.1) is 0 Å². The predicted octanol–water partition coefficient (Wildman–Crippen LogP) is 1.91. The molecule has 108 valence electrons. The summed E-state index contributed by atoms with van der Waals surface area (Å²) in [6, 6.07) is 0.874. The van der Waals surface area contributed by atoms with E-state index in [-0.39, 0.29) is 12.4 Å². The van der Waals surface area contributed by atoms with E-state index >= 15 is 0 Å². The van der Waals surface area contributed by atoms with Gasteiger partial charge in [-0.1, -0.05) is 0 Å². The van der Waals surface area contributed by atoms with Crippen LogP contribution in [0, 0.1) is 0 Å². The van der Waals surface area contributed by atoms with E-state index in [1.165, 1.54) is 0 Å². The third-order valence-corrected chi connectivity index (χ3v) is 5.86. The molecule has 0 aliphatic carbocycles. The van der Waals surface area contributed by atoms with Gasteiger partial charge in [0.25, 0.3) is 0 Å². The fraction of sp³-hybridized carbons (Fsp3) is 1.00. The monoisotopic (exact) mass is 278 g/mol. The highest BCUT2D eigenvalue weighted by molar-refractivity contribution is 6.66. The zero-order chi connectivity index (χ0) is 13.4. The van der Waals surface area contributed by atoms with Crippen molar-refractivity contribution in [2.24, 2.45) is 0 Å². The molecule has 1 aliphatic rings. The third kappa shape index (κ3) is 6.26. The van der Waals surface area contributed by atoms with E-state index in [9.17, 15) is 0 Å². The Hall–Kier alpha value is 0.0169. The zero-order valence-electron chi connectivity index (χ0n) is 11.9. The summed E-state index contributed by atoms with van der Waals surface area (Å²) >= 11 is 0. The van der Waals surface area contributed by atoms with Gasteiger partial charge >= 0.3 is 8.56 Å². The van der Waals surface area contributed by atoms with Gasteiger partial charge in [0.2, 0.25) is 0 Å². The van der Waals surface area contributed by atoms with Crippen LogP contribution in [0.1, 0.15) is 20.3 Å². The average Bonchev–Trinajstić information content (AvgIpc) is 3.14. The summed E-state index contributed by atoms with van der Waals surface area (Å²) in [7, 11) is -0.395. The lowest BCUT2D eigenvalue weighted by molar-refractivity contribution is -0.128. The highest BCUT2D eigenvalue weighted by atomic mass is 28.4. The first kappa shape index (κ1) is 16.1. The van der Waals surface area contributed by atoms with Gasteiger partial charge in [0.05, 0.1) is 13.2 Å². The molecule has 2 atom stereocenters. The van der Waals surface area contributed by atoms with E-state index in [4.69, 9.17) is 23.1 Å². The van der Waals surface area contributed by atoms with Crippen LogP contribution in [0.5, 0.6) is 0 Å². The maximum Gasteiger partial charge on any atom is 0.335 e. The van der Waals surface area contributed by atoms with Gasteiger partial charge in [0.1, 0.15) is 6.10 Å². The van der Waals surface area contributed by atoms with E-state index in [2.05, 4.69) is 6.55 Å². The molecule has 1 saturated heterocycles. The molecule has 0 spiro atoms. The molecular weight excluding hydrogens is 252 g/mol. The van der Waals surface area contributed by atoms with Crippen LogP contribution in [-0.2, 0) is 23.1 Å². The molecule has 1 heterocycles. The van der Waals surface area contributed by atoms with E-state index < -0.39 is 8.56 Å². The van der Waals surface area contributed by atoms with Crippen molar-refractivity contribution in [2.75, 3.05) is 33.5 Å². The number of rotatable bonds is 11. The Labute approximate surface area is 111 Å². The number of methoxy groups -OCH3 is 1. The molecule has 0 amide bonds. The molecule has 1 aliphatic heterocycles. The van der Waals surface area contributed by atoms with Crippen LogP contribution >= 0.6 is 0 Å². The topological polar surface area (TPSA) is 49.5 Å². The molecule has 5 nitrogen and oxygen atoms in total. The Balaban J connectivity index is 2.27. The molecule has 0 N–H and O–H groups in total. The number of hydrogen-bond donors (Lipinski definition) is 0. The van der Waals surface area contributed by atoms with Gasteiger partial charge in [-0.25, -0.2) is 0 Å².